The fourth-order valence-electron chi connectivity index (χ4n) is 5.93. The number of halogens is 8. The summed E-state index contributed by atoms with van der Waals surface area (Å²) in [6, 6.07) is 38.3. The zero-order chi connectivity index (χ0) is 37.1. The maximum absolute atomic E-state index is 9.75. The van der Waals surface area contributed by atoms with Crippen molar-refractivity contribution in [3.05, 3.63) is 126 Å². The Morgan fingerprint density at radius 1 is 0.377 bits per heavy atom. The van der Waals surface area contributed by atoms with Gasteiger partial charge in [-0.25, -0.2) is 0 Å². The normalized spacial score (nSPS) is 14.9. The van der Waals surface area contributed by atoms with E-state index < -0.39 is 14.5 Å². The van der Waals surface area contributed by atoms with Crippen molar-refractivity contribution in [2.24, 2.45) is 0 Å². The second-order valence-electron chi connectivity index (χ2n) is 12.3. The van der Waals surface area contributed by atoms with Gasteiger partial charge in [0.1, 0.15) is 0 Å². The Morgan fingerprint density at radius 2 is 0.604 bits per heavy atom. The molecule has 0 bridgehead atoms. The van der Waals surface area contributed by atoms with Gasteiger partial charge in [-0.05, 0) is 36.4 Å². The molecule has 283 valence electrons. The molecule has 0 saturated carbocycles. The van der Waals surface area contributed by atoms with Crippen LogP contribution in [0.1, 0.15) is 17.1 Å². The first kappa shape index (κ1) is 41.6. The van der Waals surface area contributed by atoms with Gasteiger partial charge in [-0.2, -0.15) is 0 Å². The predicted octanol–water partition coefficient (Wildman–Crippen LogP) is 8.75. The van der Waals surface area contributed by atoms with E-state index in [-0.39, 0.29) is 17.1 Å². The molecule has 1 saturated heterocycles. The van der Waals surface area contributed by atoms with Crippen LogP contribution in [0.4, 0.5) is 34.5 Å². The van der Waals surface area contributed by atoms with Crippen LogP contribution in [0.25, 0.3) is 32.7 Å². The first-order chi connectivity index (χ1) is 24.7. The summed E-state index contributed by atoms with van der Waals surface area (Å²) < 4.78 is 78.0. The molecule has 0 amide bonds. The number of rotatable bonds is 6. The summed E-state index contributed by atoms with van der Waals surface area (Å²) in [7, 11) is -12.0. The summed E-state index contributed by atoms with van der Waals surface area (Å²) >= 11 is 0. The maximum Gasteiger partial charge on any atom is 2.00 e. The van der Waals surface area contributed by atoms with Crippen LogP contribution in [0, 0.1) is 0 Å². The van der Waals surface area contributed by atoms with Gasteiger partial charge in [0.2, 0.25) is 0 Å². The van der Waals surface area contributed by atoms with Crippen molar-refractivity contribution in [2.45, 2.75) is 19.6 Å². The van der Waals surface area contributed by atoms with E-state index in [1.54, 1.807) is 0 Å². The smallest absolute Gasteiger partial charge is 0.418 e. The number of hydrogen-bond acceptors (Lipinski definition) is 6. The van der Waals surface area contributed by atoms with Gasteiger partial charge in [-0.15, -0.1) is 0 Å². The molecule has 3 aromatic carbocycles. The molecule has 0 unspecified atom stereocenters. The summed E-state index contributed by atoms with van der Waals surface area (Å²) in [5, 5.41) is 3.57. The van der Waals surface area contributed by atoms with Gasteiger partial charge in [-0.1, -0.05) is 72.8 Å². The van der Waals surface area contributed by atoms with E-state index in [1.165, 1.54) is 16.2 Å². The monoisotopic (exact) mass is 789 g/mol. The van der Waals surface area contributed by atoms with E-state index in [1.807, 2.05) is 0 Å². The molecule has 7 rings (SSSR count). The Morgan fingerprint density at radius 3 is 0.849 bits per heavy atom. The number of para-hydroxylation sites is 3. The summed E-state index contributed by atoms with van der Waals surface area (Å²) in [6.45, 7) is 8.47. The van der Waals surface area contributed by atoms with Crippen molar-refractivity contribution < 1.29 is 51.6 Å². The minimum absolute atomic E-state index is 0. The zero-order valence-electron chi connectivity index (χ0n) is 28.4. The van der Waals surface area contributed by atoms with Crippen molar-refractivity contribution in [1.82, 2.24) is 29.7 Å². The number of nitrogens with zero attached hydrogens (tertiary/aromatic N) is 6. The molecule has 1 radical (unpaired) electrons. The van der Waals surface area contributed by atoms with E-state index in [9.17, 15) is 34.5 Å². The molecular weight excluding hydrogens is 754 g/mol. The number of fused-ring (bicyclic) bond motifs is 3. The molecule has 1 aliphatic heterocycles. The van der Waals surface area contributed by atoms with Crippen molar-refractivity contribution in [3.63, 3.8) is 0 Å². The number of benzene rings is 3. The van der Waals surface area contributed by atoms with Gasteiger partial charge < -0.3 is 34.5 Å². The summed E-state index contributed by atoms with van der Waals surface area (Å²) in [6.07, 6.45) is 0. The third-order valence-electron chi connectivity index (χ3n) is 8.32. The van der Waals surface area contributed by atoms with Gasteiger partial charge in [0.15, 0.2) is 0 Å². The minimum Gasteiger partial charge on any atom is -0.418 e. The Kier molecular flexibility index (Phi) is 15.1. The molecule has 3 aromatic heterocycles. The van der Waals surface area contributed by atoms with E-state index in [0.717, 1.165) is 92.5 Å². The second kappa shape index (κ2) is 19.3. The van der Waals surface area contributed by atoms with Crippen LogP contribution in [0.15, 0.2) is 109 Å². The van der Waals surface area contributed by atoms with Crippen LogP contribution in [0.5, 0.6) is 0 Å². The van der Waals surface area contributed by atoms with E-state index in [4.69, 9.17) is 15.0 Å². The van der Waals surface area contributed by atoms with Crippen LogP contribution in [-0.4, -0.2) is 83.4 Å². The average Bonchev–Trinajstić information content (AvgIpc) is 3.18. The van der Waals surface area contributed by atoms with Gasteiger partial charge in [0, 0.05) is 75.1 Å². The zero-order valence-corrected chi connectivity index (χ0v) is 29.4. The van der Waals surface area contributed by atoms with Crippen molar-refractivity contribution in [3.8, 4) is 0 Å². The van der Waals surface area contributed by atoms with E-state index in [2.05, 4.69) is 124 Å². The second-order valence-corrected chi connectivity index (χ2v) is 12.3. The molecule has 6 nitrogen and oxygen atoms in total. The third-order valence-corrected chi connectivity index (χ3v) is 8.32. The first-order valence-corrected chi connectivity index (χ1v) is 16.7. The molecule has 4 heterocycles. The topological polar surface area (TPSA) is 48.4 Å². The standard InChI is InChI=1S/C36H36N6.2BF4.Cu/c1-4-10-34-28(7-1)13-16-31(37-34)25-40-19-21-41(26-32-17-14-29-8-2-5-11-35(29)38-32)23-24-42(22-20-40)27-33-18-15-30-9-3-6-12-36(30)39-33;2*2-1(3,4)5;/h1-18H,19-27H2;;;/q;2*-1;+2. The fourth-order valence-corrected chi connectivity index (χ4v) is 5.93. The quantitative estimate of drug-likeness (QED) is 0.124. The fraction of sp³-hybridized carbons (Fsp3) is 0.250. The molecular formula is C36H36B2CuF8N6. The Bertz CT molecular complexity index is 1810. The largest absolute Gasteiger partial charge is 2.00 e. The molecule has 17 heteroatoms. The maximum atomic E-state index is 9.75. The molecule has 0 atom stereocenters. The molecule has 0 N–H and O–H groups in total. The van der Waals surface area contributed by atoms with Crippen molar-refractivity contribution in [1.29, 1.82) is 0 Å². The van der Waals surface area contributed by atoms with Crippen LogP contribution < -0.4 is 0 Å². The Labute approximate surface area is 312 Å². The molecule has 0 aliphatic carbocycles. The Balaban J connectivity index is 0.000000507. The van der Waals surface area contributed by atoms with Gasteiger partial charge >= 0.3 is 31.6 Å². The van der Waals surface area contributed by atoms with Gasteiger partial charge in [0.05, 0.1) is 33.6 Å². The van der Waals surface area contributed by atoms with Gasteiger partial charge in [0.25, 0.3) is 0 Å². The molecule has 6 aromatic rings. The Hall–Kier alpha value is -4.14. The van der Waals surface area contributed by atoms with Crippen LogP contribution in [0.2, 0.25) is 0 Å². The average molecular weight is 790 g/mol. The van der Waals surface area contributed by atoms with Crippen molar-refractivity contribution in [2.75, 3.05) is 39.3 Å². The number of pyridine rings is 3. The van der Waals surface area contributed by atoms with E-state index in [0.29, 0.717) is 0 Å². The summed E-state index contributed by atoms with van der Waals surface area (Å²) in [4.78, 5) is 22.6. The van der Waals surface area contributed by atoms with Crippen LogP contribution in [0.3, 0.4) is 0 Å². The molecule has 0 spiro atoms. The predicted molar refractivity (Wildman–Crippen MR) is 191 cm³/mol. The third kappa shape index (κ3) is 14.7. The molecule has 1 aliphatic rings. The molecule has 53 heavy (non-hydrogen) atoms. The number of aromatic nitrogens is 3. The van der Waals surface area contributed by atoms with E-state index >= 15 is 0 Å². The minimum atomic E-state index is -6.00. The summed E-state index contributed by atoms with van der Waals surface area (Å²) in [5.74, 6) is 0. The van der Waals surface area contributed by atoms with Crippen LogP contribution in [-0.2, 0) is 36.7 Å². The van der Waals surface area contributed by atoms with Gasteiger partial charge in [-0.3, -0.25) is 29.7 Å². The van der Waals surface area contributed by atoms with Crippen molar-refractivity contribution >= 4 is 47.2 Å². The SMILES string of the molecule is F[B-](F)(F)F.F[B-](F)(F)F.[Cu+2].c1ccc2nc(CN3CCN(Cc4ccc5ccccc5n4)CCN(Cc4ccc5ccccc5n4)CC3)ccc2c1. The van der Waals surface area contributed by atoms with Crippen LogP contribution >= 0.6 is 0 Å². The first-order valence-electron chi connectivity index (χ1n) is 16.7. The molecule has 1 fully saturated rings. The number of hydrogen-bond donors (Lipinski definition) is 0. The summed E-state index contributed by atoms with van der Waals surface area (Å²) in [5.41, 5.74) is 6.56.